The molecule has 0 bridgehead atoms. The average molecular weight is 384 g/mol. The van der Waals surface area contributed by atoms with Crippen molar-refractivity contribution in [3.8, 4) is 17.2 Å². The van der Waals surface area contributed by atoms with E-state index < -0.39 is 0 Å². The molecule has 0 aliphatic rings. The summed E-state index contributed by atoms with van der Waals surface area (Å²) in [5.41, 5.74) is 1.18. The van der Waals surface area contributed by atoms with Crippen LogP contribution in [0.3, 0.4) is 0 Å². The van der Waals surface area contributed by atoms with Crippen molar-refractivity contribution in [2.24, 2.45) is 0 Å². The first-order valence-corrected chi connectivity index (χ1v) is 8.98. The smallest absolute Gasteiger partial charge is 0.127 e. The zero-order valence-corrected chi connectivity index (χ0v) is 15.0. The Morgan fingerprint density at radius 3 is 2.45 bits per heavy atom. The Labute approximate surface area is 145 Å². The minimum absolute atomic E-state index is 0.703. The van der Waals surface area contributed by atoms with Crippen molar-refractivity contribution in [1.29, 1.82) is 0 Å². The van der Waals surface area contributed by atoms with Gasteiger partial charge in [0.05, 0.1) is 6.61 Å². The minimum atomic E-state index is 0.703. The molecule has 0 saturated heterocycles. The molecule has 0 spiro atoms. The maximum Gasteiger partial charge on any atom is 0.127 e. The van der Waals surface area contributed by atoms with Gasteiger partial charge >= 0.3 is 0 Å². The van der Waals surface area contributed by atoms with E-state index in [0.29, 0.717) is 5.02 Å². The first-order chi connectivity index (χ1) is 10.7. The molecule has 0 fully saturated rings. The molecule has 22 heavy (non-hydrogen) atoms. The van der Waals surface area contributed by atoms with Crippen LogP contribution >= 0.6 is 27.5 Å². The van der Waals surface area contributed by atoms with Crippen molar-refractivity contribution in [1.82, 2.24) is 0 Å². The number of hydrogen-bond acceptors (Lipinski definition) is 2. The van der Waals surface area contributed by atoms with Crippen LogP contribution in [0.25, 0.3) is 0 Å². The predicted octanol–water partition coefficient (Wildman–Crippen LogP) is 6.25. The van der Waals surface area contributed by atoms with Gasteiger partial charge in [-0.3, -0.25) is 0 Å². The molecule has 0 aromatic heterocycles. The van der Waals surface area contributed by atoms with Gasteiger partial charge in [-0.15, -0.1) is 0 Å². The lowest BCUT2D eigenvalue weighted by Gasteiger charge is -2.13. The van der Waals surface area contributed by atoms with Crippen LogP contribution in [-0.2, 0) is 6.42 Å². The Morgan fingerprint density at radius 2 is 1.77 bits per heavy atom. The molecular weight excluding hydrogens is 364 g/mol. The SMILES string of the molecule is CCCc1cc(Oc2ccc(Cl)cc2)ccc1OCCCBr. The fourth-order valence-electron chi connectivity index (χ4n) is 2.10. The second-order valence-electron chi connectivity index (χ2n) is 4.97. The standard InChI is InChI=1S/C18H20BrClO2/c1-2-4-14-13-17(9-10-18(14)21-12-3-11-19)22-16-7-5-15(20)6-8-16/h5-10,13H,2-4,11-12H2,1H3. The van der Waals surface area contributed by atoms with Crippen LogP contribution in [0.2, 0.25) is 5.02 Å². The quantitative estimate of drug-likeness (QED) is 0.396. The molecular formula is C18H20BrClO2. The Bertz CT molecular complexity index is 584. The van der Waals surface area contributed by atoms with Gasteiger partial charge in [-0.05, 0) is 60.9 Å². The summed E-state index contributed by atoms with van der Waals surface area (Å²) in [6.45, 7) is 2.88. The van der Waals surface area contributed by atoms with E-state index in [-0.39, 0.29) is 0 Å². The summed E-state index contributed by atoms with van der Waals surface area (Å²) in [5.74, 6) is 2.55. The van der Waals surface area contributed by atoms with E-state index in [2.05, 4.69) is 28.9 Å². The molecule has 0 amide bonds. The molecule has 0 radical (unpaired) electrons. The molecule has 0 aliphatic carbocycles. The first kappa shape index (κ1) is 17.2. The normalized spacial score (nSPS) is 10.5. The number of alkyl halides is 1. The monoisotopic (exact) mass is 382 g/mol. The minimum Gasteiger partial charge on any atom is -0.493 e. The number of ether oxygens (including phenoxy) is 2. The molecule has 118 valence electrons. The van der Waals surface area contributed by atoms with Crippen LogP contribution in [0.5, 0.6) is 17.2 Å². The van der Waals surface area contributed by atoms with Crippen molar-refractivity contribution < 1.29 is 9.47 Å². The molecule has 0 heterocycles. The third kappa shape index (κ3) is 5.22. The van der Waals surface area contributed by atoms with Gasteiger partial charge in [-0.2, -0.15) is 0 Å². The van der Waals surface area contributed by atoms with Gasteiger partial charge in [0, 0.05) is 10.4 Å². The molecule has 0 atom stereocenters. The number of rotatable bonds is 8. The fourth-order valence-corrected chi connectivity index (χ4v) is 2.46. The predicted molar refractivity (Wildman–Crippen MR) is 95.9 cm³/mol. The van der Waals surface area contributed by atoms with Crippen LogP contribution in [-0.4, -0.2) is 11.9 Å². The number of hydrogen-bond donors (Lipinski definition) is 0. The Kier molecular flexibility index (Phi) is 7.07. The lowest BCUT2D eigenvalue weighted by Crippen LogP contribution is -2.01. The highest BCUT2D eigenvalue weighted by atomic mass is 79.9. The number of benzene rings is 2. The second-order valence-corrected chi connectivity index (χ2v) is 6.20. The topological polar surface area (TPSA) is 18.5 Å². The highest BCUT2D eigenvalue weighted by molar-refractivity contribution is 9.09. The summed E-state index contributed by atoms with van der Waals surface area (Å²) in [7, 11) is 0. The molecule has 0 N–H and O–H groups in total. The second kappa shape index (κ2) is 9.06. The third-order valence-corrected chi connectivity index (χ3v) is 3.95. The Hall–Kier alpha value is -1.19. The molecule has 2 aromatic carbocycles. The highest BCUT2D eigenvalue weighted by Crippen LogP contribution is 2.29. The van der Waals surface area contributed by atoms with E-state index in [1.165, 1.54) is 5.56 Å². The van der Waals surface area contributed by atoms with Gasteiger partial charge in [0.25, 0.3) is 0 Å². The summed E-state index contributed by atoms with van der Waals surface area (Å²) in [5, 5.41) is 1.66. The fraction of sp³-hybridized carbons (Fsp3) is 0.333. The molecule has 4 heteroatoms. The average Bonchev–Trinajstić information content (AvgIpc) is 2.52. The maximum absolute atomic E-state index is 5.89. The lowest BCUT2D eigenvalue weighted by molar-refractivity contribution is 0.315. The van der Waals surface area contributed by atoms with E-state index >= 15 is 0 Å². The molecule has 2 aromatic rings. The summed E-state index contributed by atoms with van der Waals surface area (Å²) < 4.78 is 11.7. The van der Waals surface area contributed by atoms with E-state index in [0.717, 1.165) is 48.4 Å². The Balaban J connectivity index is 2.11. The van der Waals surface area contributed by atoms with E-state index in [9.17, 15) is 0 Å². The van der Waals surface area contributed by atoms with Crippen molar-refractivity contribution >= 4 is 27.5 Å². The van der Waals surface area contributed by atoms with Crippen molar-refractivity contribution in [3.63, 3.8) is 0 Å². The number of aryl methyl sites for hydroxylation is 1. The first-order valence-electron chi connectivity index (χ1n) is 7.48. The van der Waals surface area contributed by atoms with Crippen LogP contribution in [0.4, 0.5) is 0 Å². The van der Waals surface area contributed by atoms with Gasteiger partial charge in [-0.25, -0.2) is 0 Å². The summed E-state index contributed by atoms with van der Waals surface area (Å²) in [6, 6.07) is 13.4. The zero-order valence-electron chi connectivity index (χ0n) is 12.6. The molecule has 0 aliphatic heterocycles. The van der Waals surface area contributed by atoms with Crippen molar-refractivity contribution in [2.45, 2.75) is 26.2 Å². The number of halogens is 2. The summed E-state index contributed by atoms with van der Waals surface area (Å²) in [4.78, 5) is 0. The van der Waals surface area contributed by atoms with Gasteiger partial charge in [0.15, 0.2) is 0 Å². The van der Waals surface area contributed by atoms with Gasteiger partial charge < -0.3 is 9.47 Å². The largest absolute Gasteiger partial charge is 0.493 e. The molecule has 0 saturated carbocycles. The molecule has 2 nitrogen and oxygen atoms in total. The van der Waals surface area contributed by atoms with Crippen LogP contribution in [0.15, 0.2) is 42.5 Å². The Morgan fingerprint density at radius 1 is 1.05 bits per heavy atom. The van der Waals surface area contributed by atoms with Crippen molar-refractivity contribution in [3.05, 3.63) is 53.1 Å². The van der Waals surface area contributed by atoms with Crippen LogP contribution < -0.4 is 9.47 Å². The van der Waals surface area contributed by atoms with Crippen LogP contribution in [0, 0.1) is 0 Å². The highest BCUT2D eigenvalue weighted by Gasteiger charge is 2.06. The van der Waals surface area contributed by atoms with Crippen LogP contribution in [0.1, 0.15) is 25.3 Å². The maximum atomic E-state index is 5.89. The van der Waals surface area contributed by atoms with E-state index in [1.807, 2.05) is 36.4 Å². The lowest BCUT2D eigenvalue weighted by atomic mass is 10.1. The van der Waals surface area contributed by atoms with Crippen molar-refractivity contribution in [2.75, 3.05) is 11.9 Å². The third-order valence-electron chi connectivity index (χ3n) is 3.14. The molecule has 2 rings (SSSR count). The zero-order chi connectivity index (χ0) is 15.8. The van der Waals surface area contributed by atoms with Gasteiger partial charge in [-0.1, -0.05) is 40.9 Å². The molecule has 0 unspecified atom stereocenters. The summed E-state index contributed by atoms with van der Waals surface area (Å²) in [6.07, 6.45) is 3.04. The van der Waals surface area contributed by atoms with Gasteiger partial charge in [0.1, 0.15) is 17.2 Å². The van der Waals surface area contributed by atoms with E-state index in [4.69, 9.17) is 21.1 Å². The summed E-state index contributed by atoms with van der Waals surface area (Å²) >= 11 is 9.30. The van der Waals surface area contributed by atoms with Gasteiger partial charge in [0.2, 0.25) is 0 Å². The van der Waals surface area contributed by atoms with E-state index in [1.54, 1.807) is 0 Å².